The molecule has 152 valence electrons. The molecule has 2 rings (SSSR count). The topological polar surface area (TPSA) is 77.8 Å². The summed E-state index contributed by atoms with van der Waals surface area (Å²) in [6.07, 6.45) is 1.61. The molecule has 2 N–H and O–H groups in total. The summed E-state index contributed by atoms with van der Waals surface area (Å²) in [5.74, 6) is 0.648. The molecule has 0 atom stereocenters. The van der Waals surface area contributed by atoms with Gasteiger partial charge in [0.15, 0.2) is 0 Å². The van der Waals surface area contributed by atoms with E-state index in [4.69, 9.17) is 4.42 Å². The Kier molecular flexibility index (Phi) is 7.49. The van der Waals surface area contributed by atoms with Gasteiger partial charge in [0.25, 0.3) is 0 Å². The van der Waals surface area contributed by atoms with E-state index < -0.39 is 0 Å². The number of hydrogen-bond acceptors (Lipinski definition) is 4. The predicted octanol–water partition coefficient (Wildman–Crippen LogP) is 3.67. The molecule has 0 unspecified atom stereocenters. The van der Waals surface area contributed by atoms with Crippen molar-refractivity contribution in [3.63, 3.8) is 0 Å². The monoisotopic (exact) mass is 386 g/mol. The van der Waals surface area contributed by atoms with Gasteiger partial charge in [-0.2, -0.15) is 0 Å². The van der Waals surface area contributed by atoms with Gasteiger partial charge in [-0.3, -0.25) is 4.79 Å². The number of urea groups is 1. The van der Waals surface area contributed by atoms with Crippen molar-refractivity contribution in [2.24, 2.45) is 5.92 Å². The molecular formula is C21H30N4O3. The van der Waals surface area contributed by atoms with E-state index in [2.05, 4.69) is 10.6 Å². The number of rotatable bonds is 8. The fourth-order valence-electron chi connectivity index (χ4n) is 2.94. The summed E-state index contributed by atoms with van der Waals surface area (Å²) in [6, 6.07) is 9.14. The molecule has 0 radical (unpaired) electrons. The minimum Gasteiger partial charge on any atom is -0.467 e. The number of furan rings is 1. The van der Waals surface area contributed by atoms with Gasteiger partial charge in [0.2, 0.25) is 5.91 Å². The normalized spacial score (nSPS) is 10.6. The zero-order valence-electron chi connectivity index (χ0n) is 17.3. The molecule has 0 saturated heterocycles. The highest BCUT2D eigenvalue weighted by molar-refractivity contribution is 5.89. The molecule has 0 aliphatic carbocycles. The molecular weight excluding hydrogens is 356 g/mol. The number of anilines is 2. The van der Waals surface area contributed by atoms with Crippen molar-refractivity contribution < 1.29 is 14.0 Å². The quantitative estimate of drug-likeness (QED) is 0.726. The van der Waals surface area contributed by atoms with Gasteiger partial charge >= 0.3 is 6.03 Å². The van der Waals surface area contributed by atoms with Crippen LogP contribution in [0.4, 0.5) is 16.2 Å². The molecule has 0 fully saturated rings. The van der Waals surface area contributed by atoms with Gasteiger partial charge < -0.3 is 24.9 Å². The standard InChI is InChI=1S/C21H30N4O3/c1-6-22-21(27)23-17-9-10-19(24(4)5)16(12-17)13-25(20(26)15(2)3)14-18-8-7-11-28-18/h7-12,15H,6,13-14H2,1-5H3,(H2,22,23,27). The maximum atomic E-state index is 12.8. The second-order valence-electron chi connectivity index (χ2n) is 7.15. The molecule has 1 aromatic heterocycles. The van der Waals surface area contributed by atoms with Gasteiger partial charge in [0, 0.05) is 44.5 Å². The Bertz CT molecular complexity index is 785. The third-order valence-electron chi connectivity index (χ3n) is 4.25. The molecule has 0 spiro atoms. The van der Waals surface area contributed by atoms with Crippen LogP contribution in [-0.2, 0) is 17.9 Å². The van der Waals surface area contributed by atoms with Crippen LogP contribution < -0.4 is 15.5 Å². The number of carbonyl (C=O) groups excluding carboxylic acids is 2. The first-order valence-electron chi connectivity index (χ1n) is 9.48. The predicted molar refractivity (Wildman–Crippen MR) is 111 cm³/mol. The lowest BCUT2D eigenvalue weighted by molar-refractivity contribution is -0.136. The van der Waals surface area contributed by atoms with Crippen LogP contribution in [-0.4, -0.2) is 37.5 Å². The van der Waals surface area contributed by atoms with Crippen molar-refractivity contribution in [3.05, 3.63) is 47.9 Å². The van der Waals surface area contributed by atoms with Crippen LogP contribution in [0.2, 0.25) is 0 Å². The Balaban J connectivity index is 2.31. The van der Waals surface area contributed by atoms with Gasteiger partial charge in [0.05, 0.1) is 12.8 Å². The highest BCUT2D eigenvalue weighted by Crippen LogP contribution is 2.26. The minimum absolute atomic E-state index is 0.0446. The molecule has 0 aliphatic heterocycles. The Morgan fingerprint density at radius 2 is 1.89 bits per heavy atom. The fourth-order valence-corrected chi connectivity index (χ4v) is 2.94. The van der Waals surface area contributed by atoms with Crippen LogP contribution in [0.15, 0.2) is 41.0 Å². The maximum absolute atomic E-state index is 12.8. The van der Waals surface area contributed by atoms with Crippen molar-refractivity contribution in [1.29, 1.82) is 0 Å². The third kappa shape index (κ3) is 5.77. The molecule has 3 amide bonds. The van der Waals surface area contributed by atoms with Gasteiger partial charge in [-0.05, 0) is 42.8 Å². The molecule has 0 bridgehead atoms. The second kappa shape index (κ2) is 9.82. The molecule has 7 heteroatoms. The summed E-state index contributed by atoms with van der Waals surface area (Å²) in [7, 11) is 3.91. The highest BCUT2D eigenvalue weighted by Gasteiger charge is 2.21. The van der Waals surface area contributed by atoms with Crippen LogP contribution >= 0.6 is 0 Å². The summed E-state index contributed by atoms with van der Waals surface area (Å²) in [6.45, 7) is 6.99. The van der Waals surface area contributed by atoms with Crippen LogP contribution in [0, 0.1) is 5.92 Å². The maximum Gasteiger partial charge on any atom is 0.319 e. The number of amides is 3. The van der Waals surface area contributed by atoms with E-state index >= 15 is 0 Å². The van der Waals surface area contributed by atoms with Crippen LogP contribution in [0.1, 0.15) is 32.1 Å². The third-order valence-corrected chi connectivity index (χ3v) is 4.25. The summed E-state index contributed by atoms with van der Waals surface area (Å²) in [5, 5.41) is 5.55. The van der Waals surface area contributed by atoms with Gasteiger partial charge in [-0.1, -0.05) is 13.8 Å². The number of carbonyl (C=O) groups is 2. The van der Waals surface area contributed by atoms with Gasteiger partial charge in [-0.15, -0.1) is 0 Å². The largest absolute Gasteiger partial charge is 0.467 e. The van der Waals surface area contributed by atoms with E-state index in [9.17, 15) is 9.59 Å². The van der Waals surface area contributed by atoms with E-state index in [1.807, 2.05) is 70.1 Å². The molecule has 1 aromatic carbocycles. The van der Waals surface area contributed by atoms with E-state index in [-0.39, 0.29) is 17.9 Å². The summed E-state index contributed by atoms with van der Waals surface area (Å²) < 4.78 is 5.44. The van der Waals surface area contributed by atoms with Crippen LogP contribution in [0.25, 0.3) is 0 Å². The van der Waals surface area contributed by atoms with Crippen molar-refractivity contribution >= 4 is 23.3 Å². The number of hydrogen-bond donors (Lipinski definition) is 2. The molecule has 2 aromatic rings. The lowest BCUT2D eigenvalue weighted by Crippen LogP contribution is -2.34. The number of benzene rings is 1. The number of nitrogens with zero attached hydrogens (tertiary/aromatic N) is 2. The molecule has 0 aliphatic rings. The van der Waals surface area contributed by atoms with E-state index in [0.29, 0.717) is 25.3 Å². The molecule has 1 heterocycles. The first-order chi connectivity index (χ1) is 13.3. The van der Waals surface area contributed by atoms with E-state index in [1.54, 1.807) is 11.2 Å². The van der Waals surface area contributed by atoms with Gasteiger partial charge in [0.1, 0.15) is 5.76 Å². The minimum atomic E-state index is -0.253. The summed E-state index contributed by atoms with van der Waals surface area (Å²) >= 11 is 0. The van der Waals surface area contributed by atoms with Gasteiger partial charge in [-0.25, -0.2) is 4.79 Å². The van der Waals surface area contributed by atoms with Crippen LogP contribution in [0.3, 0.4) is 0 Å². The summed E-state index contributed by atoms with van der Waals surface area (Å²) in [4.78, 5) is 28.4. The van der Waals surface area contributed by atoms with E-state index in [0.717, 1.165) is 17.0 Å². The van der Waals surface area contributed by atoms with Crippen molar-refractivity contribution in [2.45, 2.75) is 33.9 Å². The molecule has 7 nitrogen and oxygen atoms in total. The van der Waals surface area contributed by atoms with Crippen molar-refractivity contribution in [3.8, 4) is 0 Å². The zero-order chi connectivity index (χ0) is 20.7. The SMILES string of the molecule is CCNC(=O)Nc1ccc(N(C)C)c(CN(Cc2ccco2)C(=O)C(C)C)c1. The van der Waals surface area contributed by atoms with Crippen molar-refractivity contribution in [2.75, 3.05) is 30.9 Å². The zero-order valence-corrected chi connectivity index (χ0v) is 17.3. The smallest absolute Gasteiger partial charge is 0.319 e. The average Bonchev–Trinajstić information content (AvgIpc) is 3.13. The number of nitrogens with one attached hydrogen (secondary N) is 2. The Hall–Kier alpha value is -2.96. The van der Waals surface area contributed by atoms with Crippen LogP contribution in [0.5, 0.6) is 0 Å². The molecule has 28 heavy (non-hydrogen) atoms. The van der Waals surface area contributed by atoms with E-state index in [1.165, 1.54) is 0 Å². The fraction of sp³-hybridized carbons (Fsp3) is 0.429. The second-order valence-corrected chi connectivity index (χ2v) is 7.15. The first-order valence-corrected chi connectivity index (χ1v) is 9.48. The lowest BCUT2D eigenvalue weighted by Gasteiger charge is -2.27. The highest BCUT2D eigenvalue weighted by atomic mass is 16.3. The lowest BCUT2D eigenvalue weighted by atomic mass is 10.1. The first kappa shape index (κ1) is 21.3. The average molecular weight is 386 g/mol. The molecule has 0 saturated carbocycles. The van der Waals surface area contributed by atoms with Crippen molar-refractivity contribution in [1.82, 2.24) is 10.2 Å². The summed E-state index contributed by atoms with van der Waals surface area (Å²) in [5.41, 5.74) is 2.61. The Morgan fingerprint density at radius 3 is 2.46 bits per heavy atom. The Labute approximate surface area is 166 Å². The Morgan fingerprint density at radius 1 is 1.14 bits per heavy atom.